The lowest BCUT2D eigenvalue weighted by Crippen LogP contribution is -2.39. The summed E-state index contributed by atoms with van der Waals surface area (Å²) in [5, 5.41) is 2.85. The summed E-state index contributed by atoms with van der Waals surface area (Å²) in [6.45, 7) is 2.02. The molecule has 9 nitrogen and oxygen atoms in total. The Kier molecular flexibility index (Phi) is 9.32. The summed E-state index contributed by atoms with van der Waals surface area (Å²) in [5.74, 6) is 0.602. The summed E-state index contributed by atoms with van der Waals surface area (Å²) >= 11 is 0. The lowest BCUT2D eigenvalue weighted by atomic mass is 10.1. The van der Waals surface area contributed by atoms with E-state index in [1.165, 1.54) is 17.5 Å². The molecule has 0 atom stereocenters. The van der Waals surface area contributed by atoms with Crippen molar-refractivity contribution in [3.8, 4) is 11.5 Å². The first-order chi connectivity index (χ1) is 21.2. The van der Waals surface area contributed by atoms with Gasteiger partial charge in [-0.3, -0.25) is 9.59 Å². The molecule has 0 saturated carbocycles. The number of nitrogens with zero attached hydrogens (tertiary/aromatic N) is 2. The number of ether oxygens (including phenoxy) is 2. The van der Waals surface area contributed by atoms with Crippen LogP contribution >= 0.6 is 0 Å². The second-order valence-corrected chi connectivity index (χ2v) is 12.5. The standard InChI is InChI=1S/C34H35N3O6S/c1-24-21-30(15-16-32(24)43-3)44(40,41)36(19-17-25-7-5-4-6-8-25)23-33(38)35-28-12-9-26-18-20-37(31(26)22-28)34(39)27-10-13-29(42-2)14-11-27/h4-16,21-22H,17-20,23H2,1-3H3,(H,35,38). The molecule has 0 aromatic heterocycles. The van der Waals surface area contributed by atoms with Crippen molar-refractivity contribution in [2.45, 2.75) is 24.7 Å². The SMILES string of the molecule is COc1ccc(C(=O)N2CCc3ccc(NC(=O)CN(CCc4ccccc4)S(=O)(=O)c4ccc(OC)c(C)c4)cc32)cc1. The summed E-state index contributed by atoms with van der Waals surface area (Å²) < 4.78 is 39.3. The van der Waals surface area contributed by atoms with Gasteiger partial charge in [-0.05, 0) is 91.1 Å². The Morgan fingerprint density at radius 1 is 0.909 bits per heavy atom. The number of hydrogen-bond acceptors (Lipinski definition) is 6. The number of benzene rings is 4. The van der Waals surface area contributed by atoms with Crippen molar-refractivity contribution < 1.29 is 27.5 Å². The van der Waals surface area contributed by atoms with Crippen molar-refractivity contribution in [2.24, 2.45) is 0 Å². The van der Waals surface area contributed by atoms with E-state index in [1.54, 1.807) is 67.5 Å². The van der Waals surface area contributed by atoms with Crippen LogP contribution in [0.5, 0.6) is 11.5 Å². The molecule has 0 spiro atoms. The Morgan fingerprint density at radius 2 is 1.66 bits per heavy atom. The largest absolute Gasteiger partial charge is 0.497 e. The number of nitrogens with one attached hydrogen (secondary N) is 1. The molecule has 44 heavy (non-hydrogen) atoms. The lowest BCUT2D eigenvalue weighted by molar-refractivity contribution is -0.116. The average molecular weight is 614 g/mol. The molecule has 2 amide bonds. The average Bonchev–Trinajstić information content (AvgIpc) is 3.46. The van der Waals surface area contributed by atoms with E-state index >= 15 is 0 Å². The van der Waals surface area contributed by atoms with E-state index < -0.39 is 15.9 Å². The maximum Gasteiger partial charge on any atom is 0.258 e. The molecule has 0 unspecified atom stereocenters. The van der Waals surface area contributed by atoms with Crippen LogP contribution in [-0.2, 0) is 27.7 Å². The second kappa shape index (κ2) is 13.3. The maximum absolute atomic E-state index is 13.8. The third-order valence-electron chi connectivity index (χ3n) is 7.66. The molecule has 4 aromatic rings. The monoisotopic (exact) mass is 613 g/mol. The molecule has 1 N–H and O–H groups in total. The number of hydrogen-bond donors (Lipinski definition) is 1. The summed E-state index contributed by atoms with van der Waals surface area (Å²) in [7, 11) is -0.917. The third-order valence-corrected chi connectivity index (χ3v) is 9.50. The van der Waals surface area contributed by atoms with Crippen LogP contribution in [0.1, 0.15) is 27.0 Å². The van der Waals surface area contributed by atoms with Crippen LogP contribution in [0.4, 0.5) is 11.4 Å². The van der Waals surface area contributed by atoms with Crippen LogP contribution in [0.3, 0.4) is 0 Å². The first-order valence-corrected chi connectivity index (χ1v) is 15.7. The Labute approximate surface area is 258 Å². The molecule has 4 aromatic carbocycles. The molecule has 0 radical (unpaired) electrons. The molecular formula is C34H35N3O6S. The number of amides is 2. The Balaban J connectivity index is 1.35. The molecular weight excluding hydrogens is 578 g/mol. The van der Waals surface area contributed by atoms with Gasteiger partial charge in [0.15, 0.2) is 0 Å². The van der Waals surface area contributed by atoms with Gasteiger partial charge >= 0.3 is 0 Å². The van der Waals surface area contributed by atoms with Crippen LogP contribution in [0.15, 0.2) is 95.9 Å². The van der Waals surface area contributed by atoms with Crippen molar-refractivity contribution in [1.82, 2.24) is 4.31 Å². The number of rotatable bonds is 11. The number of anilines is 2. The van der Waals surface area contributed by atoms with E-state index in [1.807, 2.05) is 36.4 Å². The first-order valence-electron chi connectivity index (χ1n) is 14.3. The van der Waals surface area contributed by atoms with E-state index in [2.05, 4.69) is 5.32 Å². The van der Waals surface area contributed by atoms with Crippen molar-refractivity contribution in [1.29, 1.82) is 0 Å². The number of carbonyl (C=O) groups excluding carboxylic acids is 2. The number of aryl methyl sites for hydroxylation is 1. The lowest BCUT2D eigenvalue weighted by Gasteiger charge is -2.23. The Hall–Kier alpha value is -4.67. The molecule has 0 aliphatic carbocycles. The van der Waals surface area contributed by atoms with Gasteiger partial charge in [-0.25, -0.2) is 8.42 Å². The van der Waals surface area contributed by atoms with Gasteiger partial charge in [-0.1, -0.05) is 36.4 Å². The zero-order valence-electron chi connectivity index (χ0n) is 24.9. The third kappa shape index (κ3) is 6.77. The minimum absolute atomic E-state index is 0.0851. The zero-order valence-corrected chi connectivity index (χ0v) is 25.8. The van der Waals surface area contributed by atoms with Crippen molar-refractivity contribution in [2.75, 3.05) is 44.1 Å². The molecule has 10 heteroatoms. The van der Waals surface area contributed by atoms with Gasteiger partial charge in [-0.15, -0.1) is 0 Å². The molecule has 0 bridgehead atoms. The summed E-state index contributed by atoms with van der Waals surface area (Å²) in [6, 6.07) is 26.5. The van der Waals surface area contributed by atoms with Gasteiger partial charge in [-0.2, -0.15) is 4.31 Å². The maximum atomic E-state index is 13.8. The highest BCUT2D eigenvalue weighted by molar-refractivity contribution is 7.89. The van der Waals surface area contributed by atoms with Crippen LogP contribution in [0, 0.1) is 6.92 Å². The fourth-order valence-electron chi connectivity index (χ4n) is 5.26. The highest BCUT2D eigenvalue weighted by Gasteiger charge is 2.29. The predicted octanol–water partition coefficient (Wildman–Crippen LogP) is 5.09. The van der Waals surface area contributed by atoms with Crippen LogP contribution in [0.25, 0.3) is 0 Å². The minimum atomic E-state index is -4.02. The molecule has 0 fully saturated rings. The van der Waals surface area contributed by atoms with E-state index in [9.17, 15) is 18.0 Å². The smallest absolute Gasteiger partial charge is 0.258 e. The van der Waals surface area contributed by atoms with E-state index in [0.717, 1.165) is 11.1 Å². The topological polar surface area (TPSA) is 105 Å². The zero-order chi connectivity index (χ0) is 31.3. The van der Waals surface area contributed by atoms with Gasteiger partial charge in [0, 0.05) is 30.0 Å². The van der Waals surface area contributed by atoms with E-state index in [-0.39, 0.29) is 23.9 Å². The fourth-order valence-corrected chi connectivity index (χ4v) is 6.74. The van der Waals surface area contributed by atoms with Crippen LogP contribution in [0.2, 0.25) is 0 Å². The quantitative estimate of drug-likeness (QED) is 0.253. The second-order valence-electron chi connectivity index (χ2n) is 10.5. The molecule has 1 aliphatic heterocycles. The molecule has 228 valence electrons. The fraction of sp³-hybridized carbons (Fsp3) is 0.235. The summed E-state index contributed by atoms with van der Waals surface area (Å²) in [4.78, 5) is 28.4. The molecule has 0 saturated heterocycles. The Bertz CT molecular complexity index is 1760. The summed E-state index contributed by atoms with van der Waals surface area (Å²) in [6.07, 6.45) is 1.13. The van der Waals surface area contributed by atoms with Gasteiger partial charge < -0.3 is 19.7 Å². The van der Waals surface area contributed by atoms with E-state index in [0.29, 0.717) is 53.4 Å². The minimum Gasteiger partial charge on any atom is -0.497 e. The van der Waals surface area contributed by atoms with Crippen molar-refractivity contribution in [3.05, 3.63) is 113 Å². The number of sulfonamides is 1. The number of methoxy groups -OCH3 is 2. The van der Waals surface area contributed by atoms with Crippen LogP contribution < -0.4 is 19.7 Å². The highest BCUT2D eigenvalue weighted by atomic mass is 32.2. The molecule has 1 heterocycles. The first kappa shape index (κ1) is 30.8. The number of fused-ring (bicyclic) bond motifs is 1. The van der Waals surface area contributed by atoms with Gasteiger partial charge in [0.25, 0.3) is 5.91 Å². The van der Waals surface area contributed by atoms with Gasteiger partial charge in [0.1, 0.15) is 11.5 Å². The normalized spacial score (nSPS) is 12.6. The predicted molar refractivity (Wildman–Crippen MR) is 170 cm³/mol. The molecule has 1 aliphatic rings. The Morgan fingerprint density at radius 3 is 2.34 bits per heavy atom. The van der Waals surface area contributed by atoms with Crippen molar-refractivity contribution in [3.63, 3.8) is 0 Å². The van der Waals surface area contributed by atoms with Crippen molar-refractivity contribution >= 4 is 33.2 Å². The molecule has 5 rings (SSSR count). The highest BCUT2D eigenvalue weighted by Crippen LogP contribution is 2.32. The van der Waals surface area contributed by atoms with Gasteiger partial charge in [0.2, 0.25) is 15.9 Å². The van der Waals surface area contributed by atoms with Crippen LogP contribution in [-0.4, -0.2) is 58.4 Å². The summed E-state index contributed by atoms with van der Waals surface area (Å²) in [5.41, 5.74) is 4.34. The van der Waals surface area contributed by atoms with Gasteiger partial charge in [0.05, 0.1) is 25.7 Å². The number of carbonyl (C=O) groups is 2. The van der Waals surface area contributed by atoms with E-state index in [4.69, 9.17) is 9.47 Å².